The van der Waals surface area contributed by atoms with Crippen LogP contribution in [0.25, 0.3) is 0 Å². The predicted octanol–water partition coefficient (Wildman–Crippen LogP) is 3.29. The number of hydrogen-bond donors (Lipinski definition) is 2. The summed E-state index contributed by atoms with van der Waals surface area (Å²) in [7, 11) is 0. The Morgan fingerprint density at radius 1 is 1.32 bits per heavy atom. The first-order valence-corrected chi connectivity index (χ1v) is 7.92. The first-order valence-electron chi connectivity index (χ1n) is 7.92. The van der Waals surface area contributed by atoms with Crippen molar-refractivity contribution in [2.45, 2.75) is 52.1 Å². The summed E-state index contributed by atoms with van der Waals surface area (Å²) in [4.78, 5) is 25.4. The molecule has 0 aliphatic carbocycles. The number of amides is 3. The monoisotopic (exact) mass is 303 g/mol. The first-order chi connectivity index (χ1) is 10.5. The van der Waals surface area contributed by atoms with E-state index in [1.807, 2.05) is 36.1 Å². The van der Waals surface area contributed by atoms with Crippen molar-refractivity contribution in [3.63, 3.8) is 0 Å². The van der Waals surface area contributed by atoms with Crippen molar-refractivity contribution in [1.29, 1.82) is 0 Å². The van der Waals surface area contributed by atoms with Crippen LogP contribution in [0.2, 0.25) is 0 Å². The van der Waals surface area contributed by atoms with Crippen molar-refractivity contribution < 1.29 is 9.59 Å². The smallest absolute Gasteiger partial charge is 0.318 e. The number of nitrogens with one attached hydrogen (secondary N) is 2. The molecule has 3 amide bonds. The molecule has 0 saturated carbocycles. The van der Waals surface area contributed by atoms with Crippen LogP contribution in [-0.4, -0.2) is 29.4 Å². The van der Waals surface area contributed by atoms with Crippen LogP contribution in [0.4, 0.5) is 10.5 Å². The minimum absolute atomic E-state index is 0.00960. The van der Waals surface area contributed by atoms with E-state index in [1.165, 1.54) is 13.3 Å². The number of benzene rings is 1. The Hall–Kier alpha value is -2.04. The zero-order chi connectivity index (χ0) is 16.1. The Morgan fingerprint density at radius 3 is 2.77 bits per heavy atom. The summed E-state index contributed by atoms with van der Waals surface area (Å²) in [6.07, 6.45) is 3.34. The molecule has 2 N–H and O–H groups in total. The SMILES string of the molecule is CC(=O)Nc1cccc(C(C)NC(=O)N2CCCCC2C)c1. The molecule has 5 nitrogen and oxygen atoms in total. The van der Waals surface area contributed by atoms with Gasteiger partial charge in [0.15, 0.2) is 0 Å². The quantitative estimate of drug-likeness (QED) is 0.900. The van der Waals surface area contributed by atoms with Gasteiger partial charge in [-0.2, -0.15) is 0 Å². The van der Waals surface area contributed by atoms with E-state index in [9.17, 15) is 9.59 Å². The van der Waals surface area contributed by atoms with Gasteiger partial charge in [-0.3, -0.25) is 4.79 Å². The first kappa shape index (κ1) is 16.3. The normalized spacial score (nSPS) is 19.4. The highest BCUT2D eigenvalue weighted by atomic mass is 16.2. The van der Waals surface area contributed by atoms with Crippen LogP contribution < -0.4 is 10.6 Å². The summed E-state index contributed by atoms with van der Waals surface area (Å²) in [5.41, 5.74) is 1.72. The van der Waals surface area contributed by atoms with E-state index < -0.39 is 0 Å². The summed E-state index contributed by atoms with van der Waals surface area (Å²) < 4.78 is 0. The third kappa shape index (κ3) is 4.23. The predicted molar refractivity (Wildman–Crippen MR) is 87.7 cm³/mol. The number of likely N-dealkylation sites (tertiary alicyclic amines) is 1. The molecule has 0 radical (unpaired) electrons. The third-order valence-corrected chi connectivity index (χ3v) is 4.11. The van der Waals surface area contributed by atoms with E-state index in [0.717, 1.165) is 30.6 Å². The zero-order valence-electron chi connectivity index (χ0n) is 13.6. The lowest BCUT2D eigenvalue weighted by molar-refractivity contribution is -0.114. The fraction of sp³-hybridized carbons (Fsp3) is 0.529. The molecule has 0 aromatic heterocycles. The molecule has 5 heteroatoms. The van der Waals surface area contributed by atoms with E-state index >= 15 is 0 Å². The van der Waals surface area contributed by atoms with Crippen molar-refractivity contribution in [1.82, 2.24) is 10.2 Å². The number of hydrogen-bond acceptors (Lipinski definition) is 2. The van der Waals surface area contributed by atoms with E-state index in [0.29, 0.717) is 6.04 Å². The van der Waals surface area contributed by atoms with E-state index in [1.54, 1.807) is 0 Å². The Balaban J connectivity index is 2.00. The van der Waals surface area contributed by atoms with Gasteiger partial charge in [0, 0.05) is 25.2 Å². The van der Waals surface area contributed by atoms with Crippen LogP contribution in [0.5, 0.6) is 0 Å². The standard InChI is InChI=1S/C17H25N3O2/c1-12-7-4-5-10-20(12)17(22)18-13(2)15-8-6-9-16(11-15)19-14(3)21/h6,8-9,11-13H,4-5,7,10H2,1-3H3,(H,18,22)(H,19,21). The molecule has 1 saturated heterocycles. The summed E-state index contributed by atoms with van der Waals surface area (Å²) >= 11 is 0. The Kier molecular flexibility index (Phi) is 5.41. The minimum Gasteiger partial charge on any atom is -0.331 e. The second-order valence-electron chi connectivity index (χ2n) is 6.02. The summed E-state index contributed by atoms with van der Waals surface area (Å²) in [5, 5.41) is 5.81. The number of piperidine rings is 1. The van der Waals surface area contributed by atoms with Crippen molar-refractivity contribution in [2.75, 3.05) is 11.9 Å². The van der Waals surface area contributed by atoms with Crippen LogP contribution in [0.3, 0.4) is 0 Å². The maximum Gasteiger partial charge on any atom is 0.318 e. The fourth-order valence-electron chi connectivity index (χ4n) is 2.84. The number of carbonyl (C=O) groups is 2. The molecule has 0 bridgehead atoms. The van der Waals surface area contributed by atoms with Crippen LogP contribution in [0, 0.1) is 0 Å². The topological polar surface area (TPSA) is 61.4 Å². The summed E-state index contributed by atoms with van der Waals surface area (Å²) in [6.45, 7) is 6.36. The zero-order valence-corrected chi connectivity index (χ0v) is 13.6. The highest BCUT2D eigenvalue weighted by molar-refractivity contribution is 5.88. The van der Waals surface area contributed by atoms with Crippen LogP contribution in [-0.2, 0) is 4.79 Å². The second-order valence-corrected chi connectivity index (χ2v) is 6.02. The van der Waals surface area contributed by atoms with Gasteiger partial charge in [0.2, 0.25) is 5.91 Å². The highest BCUT2D eigenvalue weighted by Gasteiger charge is 2.24. The maximum absolute atomic E-state index is 12.4. The average Bonchev–Trinajstić information content (AvgIpc) is 2.47. The minimum atomic E-state index is -0.102. The molecule has 1 aromatic rings. The fourth-order valence-corrected chi connectivity index (χ4v) is 2.84. The molecule has 22 heavy (non-hydrogen) atoms. The van der Waals surface area contributed by atoms with Crippen LogP contribution >= 0.6 is 0 Å². The van der Waals surface area contributed by atoms with Crippen LogP contribution in [0.1, 0.15) is 51.6 Å². The van der Waals surface area contributed by atoms with Gasteiger partial charge in [0.05, 0.1) is 6.04 Å². The lowest BCUT2D eigenvalue weighted by Gasteiger charge is -2.34. The van der Waals surface area contributed by atoms with Gasteiger partial charge in [0.1, 0.15) is 0 Å². The Bertz CT molecular complexity index is 544. The molecule has 2 unspecified atom stereocenters. The van der Waals surface area contributed by atoms with E-state index in [-0.39, 0.29) is 18.0 Å². The molecule has 1 aromatic carbocycles. The van der Waals surface area contributed by atoms with Crippen molar-refractivity contribution >= 4 is 17.6 Å². The Morgan fingerprint density at radius 2 is 2.09 bits per heavy atom. The molecule has 2 rings (SSSR count). The van der Waals surface area contributed by atoms with Crippen LogP contribution in [0.15, 0.2) is 24.3 Å². The van der Waals surface area contributed by atoms with Gasteiger partial charge >= 0.3 is 6.03 Å². The largest absolute Gasteiger partial charge is 0.331 e. The molecule has 0 spiro atoms. The summed E-state index contributed by atoms with van der Waals surface area (Å²) in [5.74, 6) is -0.101. The van der Waals surface area contributed by atoms with E-state index in [4.69, 9.17) is 0 Å². The highest BCUT2D eigenvalue weighted by Crippen LogP contribution is 2.20. The van der Waals surface area contributed by atoms with Crippen molar-refractivity contribution in [2.24, 2.45) is 0 Å². The van der Waals surface area contributed by atoms with Gasteiger partial charge in [-0.1, -0.05) is 12.1 Å². The number of urea groups is 1. The molecule has 2 atom stereocenters. The second kappa shape index (κ2) is 7.29. The number of carbonyl (C=O) groups excluding carboxylic acids is 2. The van der Waals surface area contributed by atoms with Gasteiger partial charge in [-0.15, -0.1) is 0 Å². The molecular weight excluding hydrogens is 278 g/mol. The maximum atomic E-state index is 12.4. The lowest BCUT2D eigenvalue weighted by atomic mass is 10.0. The Labute approximate surface area is 132 Å². The van der Waals surface area contributed by atoms with Crippen molar-refractivity contribution in [3.8, 4) is 0 Å². The van der Waals surface area contributed by atoms with Gasteiger partial charge < -0.3 is 15.5 Å². The van der Waals surface area contributed by atoms with Gasteiger partial charge in [-0.05, 0) is 50.8 Å². The van der Waals surface area contributed by atoms with Crippen molar-refractivity contribution in [3.05, 3.63) is 29.8 Å². The van der Waals surface area contributed by atoms with Gasteiger partial charge in [0.25, 0.3) is 0 Å². The number of rotatable bonds is 3. The number of anilines is 1. The molecular formula is C17H25N3O2. The molecule has 1 fully saturated rings. The average molecular weight is 303 g/mol. The summed E-state index contributed by atoms with van der Waals surface area (Å²) in [6, 6.07) is 7.76. The molecule has 1 heterocycles. The van der Waals surface area contributed by atoms with E-state index in [2.05, 4.69) is 17.6 Å². The number of nitrogens with zero attached hydrogens (tertiary/aromatic N) is 1. The molecule has 1 aliphatic heterocycles. The lowest BCUT2D eigenvalue weighted by Crippen LogP contribution is -2.48. The molecule has 1 aliphatic rings. The van der Waals surface area contributed by atoms with Gasteiger partial charge in [-0.25, -0.2) is 4.79 Å². The molecule has 120 valence electrons. The third-order valence-electron chi connectivity index (χ3n) is 4.11.